The molecule has 0 aromatic carbocycles. The molecule has 0 atom stereocenters. The Morgan fingerprint density at radius 3 is 2.48 bits per heavy atom. The van der Waals surface area contributed by atoms with E-state index in [2.05, 4.69) is 24.6 Å². The first kappa shape index (κ1) is 17.5. The van der Waals surface area contributed by atoms with E-state index in [0.717, 1.165) is 25.9 Å². The van der Waals surface area contributed by atoms with Gasteiger partial charge in [-0.2, -0.15) is 13.4 Å². The van der Waals surface area contributed by atoms with Crippen LogP contribution in [0.3, 0.4) is 0 Å². The zero-order valence-corrected chi connectivity index (χ0v) is 15.5. The van der Waals surface area contributed by atoms with Crippen molar-refractivity contribution < 1.29 is 8.42 Å². The van der Waals surface area contributed by atoms with Crippen LogP contribution in [0.2, 0.25) is 0 Å². The second kappa shape index (κ2) is 6.87. The number of hydrogen-bond donors (Lipinski definition) is 1. The van der Waals surface area contributed by atoms with Crippen LogP contribution in [0.1, 0.15) is 19.3 Å². The lowest BCUT2D eigenvalue weighted by Crippen LogP contribution is -2.31. The Bertz CT molecular complexity index is 841. The van der Waals surface area contributed by atoms with Crippen molar-refractivity contribution >= 4 is 27.5 Å². The molecule has 136 valence electrons. The largest absolute Gasteiger partial charge is 0.361 e. The number of anilines is 3. The van der Waals surface area contributed by atoms with Crippen molar-refractivity contribution in [1.29, 1.82) is 0 Å². The van der Waals surface area contributed by atoms with Gasteiger partial charge in [-0.25, -0.2) is 9.97 Å². The van der Waals surface area contributed by atoms with Crippen LogP contribution in [-0.4, -0.2) is 55.1 Å². The number of aryl methyl sites for hydroxylation is 1. The van der Waals surface area contributed by atoms with Crippen molar-refractivity contribution in [3.8, 4) is 0 Å². The summed E-state index contributed by atoms with van der Waals surface area (Å²) in [6.07, 6.45) is 7.87. The number of rotatable bonds is 5. The Labute approximate surface area is 147 Å². The maximum absolute atomic E-state index is 12.5. The third-order valence-corrected chi connectivity index (χ3v) is 5.27. The normalized spacial score (nSPS) is 15.2. The van der Waals surface area contributed by atoms with Gasteiger partial charge in [-0.1, -0.05) is 0 Å². The molecular formula is C15H23N7O2S. The molecule has 3 heterocycles. The van der Waals surface area contributed by atoms with E-state index in [9.17, 15) is 8.42 Å². The highest BCUT2D eigenvalue weighted by Crippen LogP contribution is 2.27. The first-order chi connectivity index (χ1) is 11.9. The van der Waals surface area contributed by atoms with E-state index >= 15 is 0 Å². The maximum Gasteiger partial charge on any atom is 0.281 e. The Morgan fingerprint density at radius 1 is 1.16 bits per heavy atom. The van der Waals surface area contributed by atoms with Crippen molar-refractivity contribution in [2.75, 3.05) is 41.7 Å². The number of piperidine rings is 1. The molecule has 0 amide bonds. The molecule has 0 aliphatic carbocycles. The predicted molar refractivity (Wildman–Crippen MR) is 96.4 cm³/mol. The van der Waals surface area contributed by atoms with Crippen LogP contribution in [0.15, 0.2) is 23.7 Å². The van der Waals surface area contributed by atoms with Gasteiger partial charge in [-0.05, 0) is 19.3 Å². The van der Waals surface area contributed by atoms with Crippen molar-refractivity contribution in [2.45, 2.75) is 24.3 Å². The van der Waals surface area contributed by atoms with Gasteiger partial charge < -0.3 is 14.4 Å². The number of aromatic nitrogens is 4. The fourth-order valence-electron chi connectivity index (χ4n) is 2.75. The number of nitrogens with zero attached hydrogens (tertiary/aromatic N) is 6. The molecular weight excluding hydrogens is 342 g/mol. The molecule has 25 heavy (non-hydrogen) atoms. The molecule has 0 saturated carbocycles. The molecule has 1 aliphatic rings. The molecule has 1 saturated heterocycles. The van der Waals surface area contributed by atoms with Crippen LogP contribution in [0, 0.1) is 0 Å². The molecule has 0 spiro atoms. The highest BCUT2D eigenvalue weighted by molar-refractivity contribution is 7.92. The zero-order valence-electron chi connectivity index (χ0n) is 14.7. The molecule has 1 N–H and O–H groups in total. The van der Waals surface area contributed by atoms with Gasteiger partial charge >= 0.3 is 0 Å². The zero-order chi connectivity index (χ0) is 18.0. The smallest absolute Gasteiger partial charge is 0.281 e. The summed E-state index contributed by atoms with van der Waals surface area (Å²) >= 11 is 0. The Balaban J connectivity index is 1.90. The first-order valence-corrected chi connectivity index (χ1v) is 9.65. The van der Waals surface area contributed by atoms with Crippen LogP contribution >= 0.6 is 0 Å². The third kappa shape index (κ3) is 3.84. The van der Waals surface area contributed by atoms with Crippen molar-refractivity contribution in [1.82, 2.24) is 19.5 Å². The predicted octanol–water partition coefficient (Wildman–Crippen LogP) is 1.07. The monoisotopic (exact) mass is 365 g/mol. The minimum absolute atomic E-state index is 0.0418. The van der Waals surface area contributed by atoms with E-state index in [0.29, 0.717) is 17.5 Å². The van der Waals surface area contributed by atoms with Crippen molar-refractivity contribution in [3.63, 3.8) is 0 Å². The summed E-state index contributed by atoms with van der Waals surface area (Å²) in [5.41, 5.74) is 0.330. The molecule has 2 aromatic heterocycles. The van der Waals surface area contributed by atoms with Crippen LogP contribution in [0.4, 0.5) is 17.5 Å². The second-order valence-electron chi connectivity index (χ2n) is 6.33. The van der Waals surface area contributed by atoms with E-state index in [1.165, 1.54) is 25.1 Å². The van der Waals surface area contributed by atoms with Gasteiger partial charge in [0.15, 0.2) is 10.8 Å². The van der Waals surface area contributed by atoms with Gasteiger partial charge in [0.2, 0.25) is 5.95 Å². The summed E-state index contributed by atoms with van der Waals surface area (Å²) in [5.74, 6) is 1.15. The minimum Gasteiger partial charge on any atom is -0.361 e. The van der Waals surface area contributed by atoms with Gasteiger partial charge in [0.1, 0.15) is 5.69 Å². The van der Waals surface area contributed by atoms with E-state index in [1.54, 1.807) is 16.5 Å². The van der Waals surface area contributed by atoms with Crippen LogP contribution < -0.4 is 14.5 Å². The Kier molecular flexibility index (Phi) is 4.80. The highest BCUT2D eigenvalue weighted by atomic mass is 32.2. The number of nitrogens with one attached hydrogen (secondary N) is 1. The van der Waals surface area contributed by atoms with Gasteiger partial charge in [0.25, 0.3) is 10.0 Å². The lowest BCUT2D eigenvalue weighted by atomic mass is 10.1. The quantitative estimate of drug-likeness (QED) is 0.846. The Morgan fingerprint density at radius 2 is 1.88 bits per heavy atom. The maximum atomic E-state index is 12.5. The summed E-state index contributed by atoms with van der Waals surface area (Å²) in [6.45, 7) is 1.84. The summed E-state index contributed by atoms with van der Waals surface area (Å²) in [7, 11) is 1.57. The van der Waals surface area contributed by atoms with Gasteiger partial charge in [0, 0.05) is 40.4 Å². The molecule has 10 heteroatoms. The summed E-state index contributed by atoms with van der Waals surface area (Å²) < 4.78 is 29.1. The molecule has 0 radical (unpaired) electrons. The number of sulfonamides is 1. The highest BCUT2D eigenvalue weighted by Gasteiger charge is 2.22. The summed E-state index contributed by atoms with van der Waals surface area (Å²) in [4.78, 5) is 16.7. The van der Waals surface area contributed by atoms with Gasteiger partial charge in [0.05, 0.1) is 12.5 Å². The lowest BCUT2D eigenvalue weighted by Gasteiger charge is -2.28. The fraction of sp³-hybridized carbons (Fsp3) is 0.533. The van der Waals surface area contributed by atoms with E-state index in [1.807, 2.05) is 14.1 Å². The van der Waals surface area contributed by atoms with E-state index < -0.39 is 10.0 Å². The van der Waals surface area contributed by atoms with Crippen molar-refractivity contribution in [3.05, 3.63) is 18.7 Å². The third-order valence-electron chi connectivity index (χ3n) is 4.02. The molecule has 1 aliphatic heterocycles. The number of hydrogen-bond acceptors (Lipinski definition) is 7. The summed E-state index contributed by atoms with van der Waals surface area (Å²) in [6, 6.07) is 0. The second-order valence-corrected chi connectivity index (χ2v) is 7.96. The molecule has 0 unspecified atom stereocenters. The minimum atomic E-state index is -3.79. The first-order valence-electron chi connectivity index (χ1n) is 8.17. The van der Waals surface area contributed by atoms with Crippen molar-refractivity contribution in [2.24, 2.45) is 7.05 Å². The lowest BCUT2D eigenvalue weighted by molar-refractivity contribution is 0.568. The van der Waals surface area contributed by atoms with Crippen LogP contribution in [-0.2, 0) is 17.1 Å². The SMILES string of the molecule is CN(C)c1nc(N2CCCCC2)ncc1NS(=O)(=O)c1cn(C)cn1. The average Bonchev–Trinajstić information content (AvgIpc) is 3.03. The molecule has 9 nitrogen and oxygen atoms in total. The van der Waals surface area contributed by atoms with E-state index in [4.69, 9.17) is 0 Å². The average molecular weight is 365 g/mol. The topological polar surface area (TPSA) is 96.3 Å². The standard InChI is InChI=1S/C15H23N7O2S/c1-20(2)14-12(19-25(23,24)13-10-21(3)11-17-13)9-16-15(18-14)22-7-5-4-6-8-22/h9-11,19H,4-8H2,1-3H3. The Hall–Kier alpha value is -2.36. The van der Waals surface area contributed by atoms with Crippen LogP contribution in [0.25, 0.3) is 0 Å². The fourth-order valence-corrected chi connectivity index (χ4v) is 3.78. The van der Waals surface area contributed by atoms with Gasteiger partial charge in [-0.3, -0.25) is 4.72 Å². The molecule has 1 fully saturated rings. The van der Waals surface area contributed by atoms with E-state index in [-0.39, 0.29) is 5.03 Å². The molecule has 0 bridgehead atoms. The summed E-state index contributed by atoms with van der Waals surface area (Å²) in [5, 5.41) is -0.0418. The van der Waals surface area contributed by atoms with Gasteiger partial charge in [-0.15, -0.1) is 0 Å². The van der Waals surface area contributed by atoms with Crippen LogP contribution in [0.5, 0.6) is 0 Å². The molecule has 3 rings (SSSR count). The molecule has 2 aromatic rings. The number of imidazole rings is 1.